The van der Waals surface area contributed by atoms with Crippen LogP contribution in [0.3, 0.4) is 0 Å². The molecular formula is C15H21NO3. The van der Waals surface area contributed by atoms with Crippen LogP contribution in [0.1, 0.15) is 32.8 Å². The molecule has 1 aliphatic rings. The van der Waals surface area contributed by atoms with Crippen molar-refractivity contribution in [2.75, 3.05) is 19.9 Å². The summed E-state index contributed by atoms with van der Waals surface area (Å²) in [6.45, 7) is 7.81. The van der Waals surface area contributed by atoms with Crippen LogP contribution >= 0.6 is 0 Å². The largest absolute Gasteiger partial charge is 0.454 e. The second-order valence-corrected chi connectivity index (χ2v) is 5.58. The normalized spacial score (nSPS) is 13.6. The molecule has 1 aromatic carbocycles. The molecule has 1 heterocycles. The first-order valence-corrected chi connectivity index (χ1v) is 6.59. The number of ketones is 1. The van der Waals surface area contributed by atoms with Gasteiger partial charge in [-0.25, -0.2) is 0 Å². The molecule has 1 aliphatic heterocycles. The molecule has 104 valence electrons. The highest BCUT2D eigenvalue weighted by atomic mass is 16.7. The molecule has 4 nitrogen and oxygen atoms in total. The minimum Gasteiger partial charge on any atom is -0.454 e. The maximum atomic E-state index is 10.9. The van der Waals surface area contributed by atoms with E-state index in [-0.39, 0.29) is 11.2 Å². The Morgan fingerprint density at radius 1 is 1.32 bits per heavy atom. The van der Waals surface area contributed by atoms with Gasteiger partial charge in [0.15, 0.2) is 11.5 Å². The van der Waals surface area contributed by atoms with E-state index in [0.29, 0.717) is 13.2 Å². The van der Waals surface area contributed by atoms with E-state index < -0.39 is 0 Å². The molecule has 0 aliphatic carbocycles. The highest BCUT2D eigenvalue weighted by molar-refractivity contribution is 5.75. The second kappa shape index (κ2) is 5.61. The molecule has 0 radical (unpaired) electrons. The number of fused-ring (bicyclic) bond motifs is 1. The van der Waals surface area contributed by atoms with Crippen molar-refractivity contribution in [3.05, 3.63) is 23.8 Å². The lowest BCUT2D eigenvalue weighted by atomic mass is 9.84. The van der Waals surface area contributed by atoms with Crippen molar-refractivity contribution in [3.8, 4) is 11.5 Å². The lowest BCUT2D eigenvalue weighted by molar-refractivity contribution is -0.116. The van der Waals surface area contributed by atoms with Crippen molar-refractivity contribution >= 4 is 5.78 Å². The maximum absolute atomic E-state index is 10.9. The Labute approximate surface area is 114 Å². The molecule has 0 atom stereocenters. The number of carbonyl (C=O) groups is 1. The molecule has 2 rings (SSSR count). The fraction of sp³-hybridized carbons (Fsp3) is 0.533. The lowest BCUT2D eigenvalue weighted by Crippen LogP contribution is -2.33. The molecular weight excluding hydrogens is 242 g/mol. The van der Waals surface area contributed by atoms with Gasteiger partial charge >= 0.3 is 0 Å². The van der Waals surface area contributed by atoms with Gasteiger partial charge in [0.05, 0.1) is 0 Å². The smallest absolute Gasteiger partial charge is 0.231 e. The summed E-state index contributed by atoms with van der Waals surface area (Å²) in [7, 11) is 0. The first-order valence-electron chi connectivity index (χ1n) is 6.59. The third-order valence-corrected chi connectivity index (χ3v) is 3.37. The van der Waals surface area contributed by atoms with E-state index in [2.05, 4.69) is 25.2 Å². The zero-order valence-corrected chi connectivity index (χ0v) is 11.8. The zero-order valence-electron chi connectivity index (χ0n) is 11.8. The Balaban J connectivity index is 1.96. The molecule has 4 heteroatoms. The van der Waals surface area contributed by atoms with Crippen molar-refractivity contribution in [2.45, 2.75) is 32.6 Å². The quantitative estimate of drug-likeness (QED) is 0.800. The third-order valence-electron chi connectivity index (χ3n) is 3.37. The molecule has 1 aromatic rings. The van der Waals surface area contributed by atoms with Crippen LogP contribution in [0.4, 0.5) is 0 Å². The average Bonchev–Trinajstić information content (AvgIpc) is 2.81. The summed E-state index contributed by atoms with van der Waals surface area (Å²) in [5, 5.41) is 3.33. The SMILES string of the molecule is CC(=O)CCNCC(C)(C)c1ccc2c(c1)OCO2. The van der Waals surface area contributed by atoms with Crippen molar-refractivity contribution in [1.82, 2.24) is 5.32 Å². The van der Waals surface area contributed by atoms with Gasteiger partial charge in [-0.15, -0.1) is 0 Å². The van der Waals surface area contributed by atoms with E-state index in [0.717, 1.165) is 24.6 Å². The van der Waals surface area contributed by atoms with Crippen LogP contribution < -0.4 is 14.8 Å². The number of hydrogen-bond donors (Lipinski definition) is 1. The van der Waals surface area contributed by atoms with Gasteiger partial charge < -0.3 is 14.8 Å². The summed E-state index contributed by atoms with van der Waals surface area (Å²) in [6.07, 6.45) is 0.581. The molecule has 0 amide bonds. The van der Waals surface area contributed by atoms with Crippen molar-refractivity contribution in [2.24, 2.45) is 0 Å². The molecule has 0 unspecified atom stereocenters. The van der Waals surface area contributed by atoms with Gasteiger partial charge in [-0.2, -0.15) is 0 Å². The lowest BCUT2D eigenvalue weighted by Gasteiger charge is -2.26. The predicted molar refractivity (Wildman–Crippen MR) is 73.8 cm³/mol. The predicted octanol–water partition coefficient (Wildman–Crippen LogP) is 2.26. The molecule has 0 aromatic heterocycles. The zero-order chi connectivity index (χ0) is 13.9. The second-order valence-electron chi connectivity index (χ2n) is 5.58. The number of Topliss-reactive ketones (excluding diaryl/α,β-unsaturated/α-hetero) is 1. The number of ether oxygens (including phenoxy) is 2. The van der Waals surface area contributed by atoms with Gasteiger partial charge in [0, 0.05) is 24.9 Å². The molecule has 0 spiro atoms. The highest BCUT2D eigenvalue weighted by Gasteiger charge is 2.23. The van der Waals surface area contributed by atoms with Gasteiger partial charge in [-0.3, -0.25) is 4.79 Å². The number of carbonyl (C=O) groups excluding carboxylic acids is 1. The minimum atomic E-state index is -0.0161. The summed E-state index contributed by atoms with van der Waals surface area (Å²) in [5.41, 5.74) is 1.18. The Morgan fingerprint density at radius 3 is 2.79 bits per heavy atom. The van der Waals surface area contributed by atoms with Crippen molar-refractivity contribution in [3.63, 3.8) is 0 Å². The number of hydrogen-bond acceptors (Lipinski definition) is 4. The Kier molecular flexibility index (Phi) is 4.10. The Hall–Kier alpha value is -1.55. The van der Waals surface area contributed by atoms with Crippen LogP contribution in [0.25, 0.3) is 0 Å². The van der Waals surface area contributed by atoms with Crippen LogP contribution in [-0.4, -0.2) is 25.7 Å². The summed E-state index contributed by atoms with van der Waals surface area (Å²) >= 11 is 0. The fourth-order valence-electron chi connectivity index (χ4n) is 2.08. The van der Waals surface area contributed by atoms with Crippen LogP contribution in [-0.2, 0) is 10.2 Å². The van der Waals surface area contributed by atoms with Gasteiger partial charge in [-0.05, 0) is 24.6 Å². The first kappa shape index (κ1) is 13.9. The van der Waals surface area contributed by atoms with Crippen molar-refractivity contribution < 1.29 is 14.3 Å². The summed E-state index contributed by atoms with van der Waals surface area (Å²) in [6, 6.07) is 6.06. The molecule has 0 bridgehead atoms. The molecule has 0 saturated carbocycles. The summed E-state index contributed by atoms with van der Waals surface area (Å²) < 4.78 is 10.7. The average molecular weight is 263 g/mol. The summed E-state index contributed by atoms with van der Waals surface area (Å²) in [4.78, 5) is 10.9. The van der Waals surface area contributed by atoms with E-state index in [9.17, 15) is 4.79 Å². The van der Waals surface area contributed by atoms with Crippen LogP contribution in [0.2, 0.25) is 0 Å². The molecule has 1 N–H and O–H groups in total. The number of benzene rings is 1. The third kappa shape index (κ3) is 3.47. The van der Waals surface area contributed by atoms with E-state index >= 15 is 0 Å². The topological polar surface area (TPSA) is 47.6 Å². The molecule has 19 heavy (non-hydrogen) atoms. The van der Waals surface area contributed by atoms with Gasteiger partial charge in [-0.1, -0.05) is 19.9 Å². The minimum absolute atomic E-state index is 0.0161. The Bertz CT molecular complexity index is 468. The standard InChI is InChI=1S/C15H21NO3/c1-11(17)6-7-16-9-15(2,3)12-4-5-13-14(8-12)19-10-18-13/h4-5,8,16H,6-7,9-10H2,1-3H3. The van der Waals surface area contributed by atoms with E-state index in [1.807, 2.05) is 12.1 Å². The van der Waals surface area contributed by atoms with Crippen molar-refractivity contribution in [1.29, 1.82) is 0 Å². The fourth-order valence-corrected chi connectivity index (χ4v) is 2.08. The van der Waals surface area contributed by atoms with Crippen LogP contribution in [0.5, 0.6) is 11.5 Å². The molecule has 0 saturated heterocycles. The number of nitrogens with one attached hydrogen (secondary N) is 1. The monoisotopic (exact) mass is 263 g/mol. The van der Waals surface area contributed by atoms with E-state index in [1.165, 1.54) is 5.56 Å². The number of rotatable bonds is 6. The van der Waals surface area contributed by atoms with E-state index in [1.54, 1.807) is 6.92 Å². The maximum Gasteiger partial charge on any atom is 0.231 e. The van der Waals surface area contributed by atoms with Gasteiger partial charge in [0.2, 0.25) is 6.79 Å². The van der Waals surface area contributed by atoms with E-state index in [4.69, 9.17) is 9.47 Å². The Morgan fingerprint density at radius 2 is 2.05 bits per heavy atom. The molecule has 0 fully saturated rings. The van der Waals surface area contributed by atoms with Crippen LogP contribution in [0.15, 0.2) is 18.2 Å². The highest BCUT2D eigenvalue weighted by Crippen LogP contribution is 2.36. The summed E-state index contributed by atoms with van der Waals surface area (Å²) in [5.74, 6) is 1.84. The van der Waals surface area contributed by atoms with Gasteiger partial charge in [0.1, 0.15) is 5.78 Å². The first-order chi connectivity index (χ1) is 8.99. The van der Waals surface area contributed by atoms with Gasteiger partial charge in [0.25, 0.3) is 0 Å². The van der Waals surface area contributed by atoms with Crippen LogP contribution in [0, 0.1) is 0 Å².